The maximum Gasteiger partial charge on any atom is 0.315 e. The number of carbonyl (C=O) groups excluding carboxylic acids is 2. The zero-order chi connectivity index (χ0) is 23.1. The Morgan fingerprint density at radius 2 is 1.75 bits per heavy atom. The van der Waals surface area contributed by atoms with Crippen molar-refractivity contribution in [3.8, 4) is 5.75 Å². The molecule has 0 aliphatic rings. The van der Waals surface area contributed by atoms with Crippen molar-refractivity contribution in [2.24, 2.45) is 0 Å². The van der Waals surface area contributed by atoms with Gasteiger partial charge in [0, 0.05) is 18.1 Å². The third-order valence-electron chi connectivity index (χ3n) is 4.19. The van der Waals surface area contributed by atoms with Gasteiger partial charge in [0.15, 0.2) is 15.7 Å². The molecule has 2 amide bonds. The van der Waals surface area contributed by atoms with Crippen molar-refractivity contribution < 1.29 is 27.3 Å². The van der Waals surface area contributed by atoms with E-state index in [9.17, 15) is 18.0 Å². The minimum atomic E-state index is -3.68. The second kappa shape index (κ2) is 10.2. The zero-order valence-electron chi connectivity index (χ0n) is 16.9. The van der Waals surface area contributed by atoms with Crippen LogP contribution in [0.4, 0.5) is 0 Å². The highest BCUT2D eigenvalue weighted by atomic mass is 35.5. The minimum absolute atomic E-state index is 0.0630. The third-order valence-corrected chi connectivity index (χ3v) is 6.05. The van der Waals surface area contributed by atoms with Gasteiger partial charge in [-0.05, 0) is 30.3 Å². The van der Waals surface area contributed by atoms with Gasteiger partial charge >= 0.3 is 11.8 Å². The van der Waals surface area contributed by atoms with Crippen LogP contribution in [0.5, 0.6) is 5.75 Å². The van der Waals surface area contributed by atoms with Gasteiger partial charge in [0.25, 0.3) is 5.91 Å². The lowest BCUT2D eigenvalue weighted by Crippen LogP contribution is -2.35. The molecule has 1 aromatic heterocycles. The van der Waals surface area contributed by atoms with Gasteiger partial charge in [-0.1, -0.05) is 35.0 Å². The minimum Gasteiger partial charge on any atom is -0.496 e. The Balaban J connectivity index is 1.51. The number of hydrogen-bond acceptors (Lipinski definition) is 8. The molecule has 1 heterocycles. The molecule has 2 aromatic carbocycles. The molecule has 0 bridgehead atoms. The van der Waals surface area contributed by atoms with Crippen LogP contribution in [0.2, 0.25) is 5.02 Å². The first-order valence-corrected chi connectivity index (χ1v) is 11.3. The Hall–Kier alpha value is -3.44. The molecule has 0 aliphatic carbocycles. The van der Waals surface area contributed by atoms with Crippen molar-refractivity contribution in [3.05, 3.63) is 70.8 Å². The number of nitrogens with zero attached hydrogens (tertiary/aromatic N) is 2. The van der Waals surface area contributed by atoms with E-state index in [2.05, 4.69) is 20.8 Å². The van der Waals surface area contributed by atoms with E-state index in [0.717, 1.165) is 0 Å². The van der Waals surface area contributed by atoms with E-state index in [1.165, 1.54) is 25.3 Å². The number of methoxy groups -OCH3 is 1. The molecule has 0 atom stereocenters. The smallest absolute Gasteiger partial charge is 0.315 e. The molecule has 168 valence electrons. The number of hydrogen-bond donors (Lipinski definition) is 2. The SMILES string of the molecule is COc1ccc(Cl)cc1C(=O)NCCNC(=O)c1nc(CS(=O)(=O)c2ccccc2)no1. The summed E-state index contributed by atoms with van der Waals surface area (Å²) in [4.78, 5) is 28.4. The van der Waals surface area contributed by atoms with E-state index < -0.39 is 27.4 Å². The Morgan fingerprint density at radius 3 is 2.44 bits per heavy atom. The van der Waals surface area contributed by atoms with Gasteiger partial charge in [0.2, 0.25) is 0 Å². The summed E-state index contributed by atoms with van der Waals surface area (Å²) in [6, 6.07) is 12.5. The van der Waals surface area contributed by atoms with Crippen LogP contribution in [-0.4, -0.2) is 50.6 Å². The fraction of sp³-hybridized carbons (Fsp3) is 0.200. The number of benzene rings is 2. The van der Waals surface area contributed by atoms with Crippen LogP contribution < -0.4 is 15.4 Å². The highest BCUT2D eigenvalue weighted by Crippen LogP contribution is 2.22. The Morgan fingerprint density at radius 1 is 1.06 bits per heavy atom. The number of nitrogens with one attached hydrogen (secondary N) is 2. The fourth-order valence-electron chi connectivity index (χ4n) is 2.67. The van der Waals surface area contributed by atoms with Crippen molar-refractivity contribution in [1.82, 2.24) is 20.8 Å². The van der Waals surface area contributed by atoms with Gasteiger partial charge in [-0.25, -0.2) is 8.42 Å². The molecule has 0 unspecified atom stereocenters. The van der Waals surface area contributed by atoms with Crippen LogP contribution in [0.1, 0.15) is 26.9 Å². The molecule has 0 fully saturated rings. The predicted octanol–water partition coefficient (Wildman–Crippen LogP) is 1.87. The van der Waals surface area contributed by atoms with Crippen LogP contribution in [-0.2, 0) is 15.6 Å². The van der Waals surface area contributed by atoms with Gasteiger partial charge < -0.3 is 19.9 Å². The largest absolute Gasteiger partial charge is 0.496 e. The number of carbonyl (C=O) groups is 2. The second-order valence-electron chi connectivity index (χ2n) is 6.44. The molecule has 3 aromatic rings. The summed E-state index contributed by atoms with van der Waals surface area (Å²) in [7, 11) is -2.24. The number of aromatic nitrogens is 2. The summed E-state index contributed by atoms with van der Waals surface area (Å²) in [6.07, 6.45) is 0. The summed E-state index contributed by atoms with van der Waals surface area (Å²) in [5, 5.41) is 9.05. The van der Waals surface area contributed by atoms with Crippen LogP contribution in [0.15, 0.2) is 57.9 Å². The Bertz CT molecular complexity index is 1210. The molecule has 2 N–H and O–H groups in total. The van der Waals surface area contributed by atoms with Crippen LogP contribution in [0.25, 0.3) is 0 Å². The van der Waals surface area contributed by atoms with Gasteiger partial charge in [-0.15, -0.1) is 0 Å². The third kappa shape index (κ3) is 5.83. The molecule has 10 nitrogen and oxygen atoms in total. The van der Waals surface area contributed by atoms with Crippen molar-refractivity contribution >= 4 is 33.3 Å². The molecule has 32 heavy (non-hydrogen) atoms. The molecule has 0 saturated heterocycles. The van der Waals surface area contributed by atoms with E-state index in [1.54, 1.807) is 30.3 Å². The summed E-state index contributed by atoms with van der Waals surface area (Å²) >= 11 is 5.91. The lowest BCUT2D eigenvalue weighted by Gasteiger charge is -2.09. The van der Waals surface area contributed by atoms with Gasteiger partial charge in [0.05, 0.1) is 17.6 Å². The van der Waals surface area contributed by atoms with Gasteiger partial charge in [0.1, 0.15) is 11.5 Å². The van der Waals surface area contributed by atoms with Crippen LogP contribution >= 0.6 is 11.6 Å². The maximum atomic E-state index is 12.4. The van der Waals surface area contributed by atoms with Crippen LogP contribution in [0.3, 0.4) is 0 Å². The first-order valence-electron chi connectivity index (χ1n) is 9.30. The first-order chi connectivity index (χ1) is 15.3. The fourth-order valence-corrected chi connectivity index (χ4v) is 4.03. The molecule has 12 heteroatoms. The van der Waals surface area contributed by atoms with E-state index in [4.69, 9.17) is 20.9 Å². The Kier molecular flexibility index (Phi) is 7.44. The first kappa shape index (κ1) is 23.2. The monoisotopic (exact) mass is 478 g/mol. The van der Waals surface area contributed by atoms with Gasteiger partial charge in [-0.3, -0.25) is 9.59 Å². The second-order valence-corrected chi connectivity index (χ2v) is 8.87. The van der Waals surface area contributed by atoms with Crippen molar-refractivity contribution in [2.45, 2.75) is 10.6 Å². The quantitative estimate of drug-likeness (QED) is 0.444. The van der Waals surface area contributed by atoms with E-state index in [1.807, 2.05) is 0 Å². The summed E-state index contributed by atoms with van der Waals surface area (Å²) in [5.41, 5.74) is 0.257. The van der Waals surface area contributed by atoms with Crippen molar-refractivity contribution in [2.75, 3.05) is 20.2 Å². The summed E-state index contributed by atoms with van der Waals surface area (Å²) < 4.78 is 34.7. The lowest BCUT2D eigenvalue weighted by atomic mass is 10.2. The number of rotatable bonds is 9. The lowest BCUT2D eigenvalue weighted by molar-refractivity contribution is 0.0897. The van der Waals surface area contributed by atoms with E-state index in [0.29, 0.717) is 10.8 Å². The molecular formula is C20H19ClN4O6S. The summed E-state index contributed by atoms with van der Waals surface area (Å²) in [5.74, 6) is -1.79. The molecule has 0 radical (unpaired) electrons. The molecular weight excluding hydrogens is 460 g/mol. The predicted molar refractivity (Wildman–Crippen MR) is 114 cm³/mol. The highest BCUT2D eigenvalue weighted by Gasteiger charge is 2.21. The topological polar surface area (TPSA) is 140 Å². The van der Waals surface area contributed by atoms with E-state index in [-0.39, 0.29) is 35.3 Å². The van der Waals surface area contributed by atoms with Crippen molar-refractivity contribution in [3.63, 3.8) is 0 Å². The average molecular weight is 479 g/mol. The highest BCUT2D eigenvalue weighted by molar-refractivity contribution is 7.90. The number of halogens is 1. The van der Waals surface area contributed by atoms with Gasteiger partial charge in [-0.2, -0.15) is 4.98 Å². The van der Waals surface area contributed by atoms with E-state index >= 15 is 0 Å². The molecule has 0 spiro atoms. The summed E-state index contributed by atoms with van der Waals surface area (Å²) in [6.45, 7) is 0.164. The average Bonchev–Trinajstić information content (AvgIpc) is 3.25. The maximum absolute atomic E-state index is 12.4. The standard InChI is InChI=1S/C20H19ClN4O6S/c1-30-16-8-7-13(21)11-15(16)18(26)22-9-10-23-19(27)20-24-17(25-31-20)12-32(28,29)14-5-3-2-4-6-14/h2-8,11H,9-10,12H2,1H3,(H,22,26)(H,23,27). The molecule has 0 aliphatic heterocycles. The van der Waals surface area contributed by atoms with Crippen LogP contribution in [0, 0.1) is 0 Å². The van der Waals surface area contributed by atoms with Crippen molar-refractivity contribution in [1.29, 1.82) is 0 Å². The molecule has 0 saturated carbocycles. The molecule has 3 rings (SSSR count). The Labute approximate surface area is 188 Å². The zero-order valence-corrected chi connectivity index (χ0v) is 18.4. The number of amides is 2. The number of ether oxygens (including phenoxy) is 1. The number of sulfone groups is 1. The normalized spacial score (nSPS) is 11.1.